The quantitative estimate of drug-likeness (QED) is 0.490. The third kappa shape index (κ3) is 4.45. The Morgan fingerprint density at radius 1 is 1.25 bits per heavy atom. The molecule has 7 heteroatoms. The van der Waals surface area contributed by atoms with Crippen molar-refractivity contribution in [3.63, 3.8) is 0 Å². The molecule has 0 aliphatic heterocycles. The molecule has 2 aromatic rings. The van der Waals surface area contributed by atoms with E-state index in [1.54, 1.807) is 0 Å². The number of hydrogen-bond donors (Lipinski definition) is 1. The van der Waals surface area contributed by atoms with Gasteiger partial charge in [-0.3, -0.25) is 14.9 Å². The zero-order valence-corrected chi connectivity index (χ0v) is 14.1. The van der Waals surface area contributed by atoms with Crippen molar-refractivity contribution in [2.45, 2.75) is 13.8 Å². The minimum Gasteiger partial charge on any atom is -0.491 e. The molecule has 0 fully saturated rings. The molecule has 2 rings (SSSR count). The van der Waals surface area contributed by atoms with Crippen molar-refractivity contribution in [3.8, 4) is 5.75 Å². The molecule has 0 atom stereocenters. The Kier molecular flexibility index (Phi) is 5.76. The highest BCUT2D eigenvalue weighted by Crippen LogP contribution is 2.22. The summed E-state index contributed by atoms with van der Waals surface area (Å²) in [5.74, 6) is 0.372. The molecule has 0 radical (unpaired) electrons. The van der Waals surface area contributed by atoms with E-state index in [-0.39, 0.29) is 16.3 Å². The lowest BCUT2D eigenvalue weighted by Crippen LogP contribution is -2.28. The number of carbonyl (C=O) groups excluding carboxylic acids is 1. The van der Waals surface area contributed by atoms with Gasteiger partial charge in [-0.1, -0.05) is 23.7 Å². The van der Waals surface area contributed by atoms with Crippen molar-refractivity contribution in [2.75, 3.05) is 13.2 Å². The monoisotopic (exact) mass is 348 g/mol. The average molecular weight is 349 g/mol. The van der Waals surface area contributed by atoms with Crippen LogP contribution in [0.5, 0.6) is 5.75 Å². The van der Waals surface area contributed by atoms with Gasteiger partial charge < -0.3 is 10.1 Å². The van der Waals surface area contributed by atoms with E-state index in [9.17, 15) is 14.9 Å². The van der Waals surface area contributed by atoms with E-state index in [4.69, 9.17) is 16.3 Å². The van der Waals surface area contributed by atoms with Gasteiger partial charge in [-0.05, 0) is 37.1 Å². The lowest BCUT2D eigenvalue weighted by atomic mass is 10.1. The number of non-ortho nitro benzene ring substituents is 1. The maximum Gasteiger partial charge on any atom is 0.270 e. The van der Waals surface area contributed by atoms with Crippen LogP contribution in [-0.4, -0.2) is 24.0 Å². The lowest BCUT2D eigenvalue weighted by molar-refractivity contribution is -0.384. The molecule has 0 aromatic heterocycles. The Balaban J connectivity index is 1.89. The molecule has 0 bridgehead atoms. The van der Waals surface area contributed by atoms with Gasteiger partial charge in [0.25, 0.3) is 11.6 Å². The van der Waals surface area contributed by atoms with Crippen molar-refractivity contribution < 1.29 is 14.5 Å². The normalized spacial score (nSPS) is 10.3. The topological polar surface area (TPSA) is 81.5 Å². The molecule has 0 heterocycles. The number of aryl methyl sites for hydroxylation is 2. The summed E-state index contributed by atoms with van der Waals surface area (Å²) in [4.78, 5) is 22.2. The molecule has 6 nitrogen and oxygen atoms in total. The minimum absolute atomic E-state index is 0.0390. The van der Waals surface area contributed by atoms with Gasteiger partial charge in [0, 0.05) is 12.1 Å². The van der Waals surface area contributed by atoms with Crippen LogP contribution in [0.15, 0.2) is 36.4 Å². The first-order valence-electron chi connectivity index (χ1n) is 7.30. The molecule has 24 heavy (non-hydrogen) atoms. The Labute approximate surface area is 144 Å². The van der Waals surface area contributed by atoms with Gasteiger partial charge in [0.05, 0.1) is 22.1 Å². The van der Waals surface area contributed by atoms with Crippen molar-refractivity contribution in [2.24, 2.45) is 0 Å². The van der Waals surface area contributed by atoms with Crippen LogP contribution in [0.3, 0.4) is 0 Å². The second-order valence-electron chi connectivity index (χ2n) is 5.29. The Bertz CT molecular complexity index is 777. The van der Waals surface area contributed by atoms with E-state index < -0.39 is 10.8 Å². The molecule has 126 valence electrons. The molecule has 0 unspecified atom stereocenters. The number of nitrogens with one attached hydrogen (secondary N) is 1. The van der Waals surface area contributed by atoms with Crippen LogP contribution in [0.2, 0.25) is 5.02 Å². The first kappa shape index (κ1) is 17.7. The van der Waals surface area contributed by atoms with Crippen LogP contribution >= 0.6 is 11.6 Å². The number of hydrogen-bond acceptors (Lipinski definition) is 4. The lowest BCUT2D eigenvalue weighted by Gasteiger charge is -2.11. The van der Waals surface area contributed by atoms with Crippen LogP contribution in [0.1, 0.15) is 21.5 Å². The zero-order valence-electron chi connectivity index (χ0n) is 13.3. The minimum atomic E-state index is -0.564. The summed E-state index contributed by atoms with van der Waals surface area (Å²) in [6, 6.07) is 9.64. The highest BCUT2D eigenvalue weighted by molar-refractivity contribution is 6.34. The third-order valence-corrected chi connectivity index (χ3v) is 3.71. The fraction of sp³-hybridized carbons (Fsp3) is 0.235. The van der Waals surface area contributed by atoms with Gasteiger partial charge in [0.2, 0.25) is 0 Å². The Morgan fingerprint density at radius 3 is 2.67 bits per heavy atom. The second kappa shape index (κ2) is 7.79. The van der Waals surface area contributed by atoms with Gasteiger partial charge in [-0.15, -0.1) is 0 Å². The van der Waals surface area contributed by atoms with Crippen LogP contribution in [0, 0.1) is 24.0 Å². The summed E-state index contributed by atoms with van der Waals surface area (Å²) >= 11 is 5.92. The highest BCUT2D eigenvalue weighted by atomic mass is 35.5. The van der Waals surface area contributed by atoms with Gasteiger partial charge in [0.1, 0.15) is 12.4 Å². The van der Waals surface area contributed by atoms with Crippen LogP contribution in [0.25, 0.3) is 0 Å². The van der Waals surface area contributed by atoms with Crippen LogP contribution < -0.4 is 10.1 Å². The molecule has 0 saturated carbocycles. The number of nitro groups is 1. The first-order chi connectivity index (χ1) is 11.4. The average Bonchev–Trinajstić information content (AvgIpc) is 2.54. The maximum atomic E-state index is 12.1. The van der Waals surface area contributed by atoms with E-state index in [1.165, 1.54) is 12.1 Å². The van der Waals surface area contributed by atoms with Crippen LogP contribution in [-0.2, 0) is 0 Å². The van der Waals surface area contributed by atoms with Crippen molar-refractivity contribution >= 4 is 23.2 Å². The second-order valence-corrected chi connectivity index (χ2v) is 5.70. The zero-order chi connectivity index (χ0) is 17.7. The number of ether oxygens (including phenoxy) is 1. The maximum absolute atomic E-state index is 12.1. The summed E-state index contributed by atoms with van der Waals surface area (Å²) in [6.45, 7) is 4.52. The molecule has 0 aliphatic carbocycles. The number of benzene rings is 2. The van der Waals surface area contributed by atoms with E-state index in [2.05, 4.69) is 5.32 Å². The standard InChI is InChI=1S/C17H17ClN2O4/c1-11-3-4-12(2)16(9-11)24-8-7-19-17(21)14-6-5-13(20(22)23)10-15(14)18/h3-6,9-10H,7-8H2,1-2H3,(H,19,21). The number of carbonyl (C=O) groups is 1. The first-order valence-corrected chi connectivity index (χ1v) is 7.68. The van der Waals surface area contributed by atoms with Crippen LogP contribution in [0.4, 0.5) is 5.69 Å². The van der Waals surface area contributed by atoms with E-state index in [0.29, 0.717) is 13.2 Å². The summed E-state index contributed by atoms with van der Waals surface area (Å²) in [5.41, 5.74) is 2.14. The molecular weight excluding hydrogens is 332 g/mol. The fourth-order valence-electron chi connectivity index (χ4n) is 2.09. The molecule has 1 N–H and O–H groups in total. The molecule has 0 aliphatic rings. The number of rotatable bonds is 6. The summed E-state index contributed by atoms with van der Waals surface area (Å²) in [7, 11) is 0. The summed E-state index contributed by atoms with van der Waals surface area (Å²) < 4.78 is 5.65. The van der Waals surface area contributed by atoms with Gasteiger partial charge in [-0.2, -0.15) is 0 Å². The van der Waals surface area contributed by atoms with E-state index >= 15 is 0 Å². The highest BCUT2D eigenvalue weighted by Gasteiger charge is 2.14. The van der Waals surface area contributed by atoms with Crippen molar-refractivity contribution in [1.29, 1.82) is 0 Å². The Morgan fingerprint density at radius 2 is 2.00 bits per heavy atom. The molecule has 0 saturated heterocycles. The predicted molar refractivity (Wildman–Crippen MR) is 91.9 cm³/mol. The summed E-state index contributed by atoms with van der Waals surface area (Å²) in [5, 5.41) is 13.4. The van der Waals surface area contributed by atoms with E-state index in [0.717, 1.165) is 22.9 Å². The third-order valence-electron chi connectivity index (χ3n) is 3.40. The van der Waals surface area contributed by atoms with Gasteiger partial charge >= 0.3 is 0 Å². The predicted octanol–water partition coefficient (Wildman–Crippen LogP) is 3.67. The van der Waals surface area contributed by atoms with Gasteiger partial charge in [0.15, 0.2) is 0 Å². The van der Waals surface area contributed by atoms with Crippen molar-refractivity contribution in [1.82, 2.24) is 5.32 Å². The number of halogens is 1. The number of nitrogens with zero attached hydrogens (tertiary/aromatic N) is 1. The number of amides is 1. The molecular formula is C17H17ClN2O4. The van der Waals surface area contributed by atoms with E-state index in [1.807, 2.05) is 32.0 Å². The number of nitro benzene ring substituents is 1. The summed E-state index contributed by atoms with van der Waals surface area (Å²) in [6.07, 6.45) is 0. The largest absolute Gasteiger partial charge is 0.491 e. The SMILES string of the molecule is Cc1ccc(C)c(OCCNC(=O)c2ccc([N+](=O)[O-])cc2Cl)c1. The Hall–Kier alpha value is -2.60. The molecule has 1 amide bonds. The smallest absolute Gasteiger partial charge is 0.270 e. The molecule has 0 spiro atoms. The fourth-order valence-corrected chi connectivity index (χ4v) is 2.35. The molecule has 2 aromatic carbocycles. The van der Waals surface area contributed by atoms with Crippen molar-refractivity contribution in [3.05, 3.63) is 68.2 Å². The van der Waals surface area contributed by atoms with Gasteiger partial charge in [-0.25, -0.2) is 0 Å².